The van der Waals surface area contributed by atoms with Crippen LogP contribution in [0.4, 0.5) is 0 Å². The van der Waals surface area contributed by atoms with E-state index in [2.05, 4.69) is 6.92 Å². The summed E-state index contributed by atoms with van der Waals surface area (Å²) in [5.41, 5.74) is 0. The second-order valence-corrected chi connectivity index (χ2v) is 5.96. The zero-order valence-corrected chi connectivity index (χ0v) is 7.93. The van der Waals surface area contributed by atoms with Crippen LogP contribution in [0.2, 0.25) is 12.6 Å². The van der Waals surface area contributed by atoms with Gasteiger partial charge in [-0.05, 0) is 12.6 Å². The van der Waals surface area contributed by atoms with Gasteiger partial charge in [-0.1, -0.05) is 32.6 Å². The SMILES string of the molecule is CCCCCC[Si](C)(O)O. The van der Waals surface area contributed by atoms with E-state index in [1.54, 1.807) is 6.55 Å². The molecule has 0 rings (SSSR count). The van der Waals surface area contributed by atoms with Crippen molar-refractivity contribution in [2.24, 2.45) is 0 Å². The summed E-state index contributed by atoms with van der Waals surface area (Å²) in [5.74, 6) is 0. The van der Waals surface area contributed by atoms with Gasteiger partial charge in [0.15, 0.2) is 0 Å². The van der Waals surface area contributed by atoms with Crippen LogP contribution in [-0.4, -0.2) is 18.2 Å². The lowest BCUT2D eigenvalue weighted by Crippen LogP contribution is -2.29. The van der Waals surface area contributed by atoms with Crippen LogP contribution >= 0.6 is 0 Å². The van der Waals surface area contributed by atoms with Gasteiger partial charge in [-0.2, -0.15) is 0 Å². The third-order valence-electron chi connectivity index (χ3n) is 1.50. The molecule has 0 unspecified atom stereocenters. The van der Waals surface area contributed by atoms with Crippen molar-refractivity contribution >= 4 is 8.56 Å². The first-order valence-corrected chi connectivity index (χ1v) is 6.61. The molecule has 0 aliphatic rings. The smallest absolute Gasteiger partial charge is 0.329 e. The molecular formula is C7H18O2Si. The molecule has 3 heteroatoms. The number of unbranched alkanes of at least 4 members (excludes halogenated alkanes) is 3. The van der Waals surface area contributed by atoms with Crippen molar-refractivity contribution < 1.29 is 9.59 Å². The topological polar surface area (TPSA) is 40.5 Å². The lowest BCUT2D eigenvalue weighted by Gasteiger charge is -2.10. The van der Waals surface area contributed by atoms with Crippen LogP contribution in [0.15, 0.2) is 0 Å². The van der Waals surface area contributed by atoms with E-state index >= 15 is 0 Å². The molecule has 0 atom stereocenters. The first kappa shape index (κ1) is 10.1. The highest BCUT2D eigenvalue weighted by Gasteiger charge is 2.19. The summed E-state index contributed by atoms with van der Waals surface area (Å²) >= 11 is 0. The van der Waals surface area contributed by atoms with Gasteiger partial charge in [0.05, 0.1) is 0 Å². The molecule has 0 saturated carbocycles. The van der Waals surface area contributed by atoms with Crippen LogP contribution in [0.5, 0.6) is 0 Å². The number of hydrogen-bond acceptors (Lipinski definition) is 2. The fourth-order valence-corrected chi connectivity index (χ4v) is 1.81. The highest BCUT2D eigenvalue weighted by atomic mass is 28.4. The predicted octanol–water partition coefficient (Wildman–Crippen LogP) is 1.62. The van der Waals surface area contributed by atoms with Crippen LogP contribution in [0.3, 0.4) is 0 Å². The molecule has 0 radical (unpaired) electrons. The van der Waals surface area contributed by atoms with Crippen LogP contribution < -0.4 is 0 Å². The zero-order valence-electron chi connectivity index (χ0n) is 6.93. The van der Waals surface area contributed by atoms with Gasteiger partial charge in [-0.15, -0.1) is 0 Å². The molecule has 0 amide bonds. The van der Waals surface area contributed by atoms with Crippen molar-refractivity contribution in [3.05, 3.63) is 0 Å². The van der Waals surface area contributed by atoms with E-state index in [-0.39, 0.29) is 0 Å². The minimum absolute atomic E-state index is 0.632. The van der Waals surface area contributed by atoms with E-state index < -0.39 is 8.56 Å². The van der Waals surface area contributed by atoms with Crippen LogP contribution in [0.1, 0.15) is 32.6 Å². The Bertz CT molecular complexity index is 78.2. The number of hydrogen-bond donors (Lipinski definition) is 2. The zero-order chi connectivity index (χ0) is 8.04. The lowest BCUT2D eigenvalue weighted by molar-refractivity contribution is 0.366. The molecule has 0 aliphatic carbocycles. The summed E-state index contributed by atoms with van der Waals surface area (Å²) in [7, 11) is -2.71. The maximum atomic E-state index is 9.01. The molecule has 0 aromatic heterocycles. The summed E-state index contributed by atoms with van der Waals surface area (Å²) in [4.78, 5) is 18.0. The molecule has 10 heavy (non-hydrogen) atoms. The predicted molar refractivity (Wildman–Crippen MR) is 45.0 cm³/mol. The molecule has 0 spiro atoms. The van der Waals surface area contributed by atoms with Gasteiger partial charge < -0.3 is 9.59 Å². The Morgan fingerprint density at radius 2 is 1.70 bits per heavy atom. The molecular weight excluding hydrogens is 144 g/mol. The van der Waals surface area contributed by atoms with Crippen LogP contribution in [0.25, 0.3) is 0 Å². The Kier molecular flexibility index (Phi) is 4.94. The molecule has 2 N–H and O–H groups in total. The van der Waals surface area contributed by atoms with Crippen molar-refractivity contribution in [1.82, 2.24) is 0 Å². The van der Waals surface area contributed by atoms with Crippen LogP contribution in [0, 0.1) is 0 Å². The number of rotatable bonds is 5. The highest BCUT2D eigenvalue weighted by molar-refractivity contribution is 6.63. The summed E-state index contributed by atoms with van der Waals surface area (Å²) in [6, 6.07) is 0.632. The van der Waals surface area contributed by atoms with Gasteiger partial charge in [-0.25, -0.2) is 0 Å². The Balaban J connectivity index is 3.04. The largest absolute Gasteiger partial charge is 0.411 e. The molecule has 0 bridgehead atoms. The van der Waals surface area contributed by atoms with E-state index in [9.17, 15) is 0 Å². The van der Waals surface area contributed by atoms with Crippen molar-refractivity contribution in [2.45, 2.75) is 45.2 Å². The maximum absolute atomic E-state index is 9.01. The fraction of sp³-hybridized carbons (Fsp3) is 1.00. The van der Waals surface area contributed by atoms with Crippen molar-refractivity contribution in [2.75, 3.05) is 0 Å². The lowest BCUT2D eigenvalue weighted by atomic mass is 10.2. The van der Waals surface area contributed by atoms with Crippen LogP contribution in [-0.2, 0) is 0 Å². The van der Waals surface area contributed by atoms with Crippen molar-refractivity contribution in [3.63, 3.8) is 0 Å². The van der Waals surface area contributed by atoms with Crippen molar-refractivity contribution in [1.29, 1.82) is 0 Å². The molecule has 0 aliphatic heterocycles. The first-order valence-electron chi connectivity index (χ1n) is 4.01. The highest BCUT2D eigenvalue weighted by Crippen LogP contribution is 2.09. The standard InChI is InChI=1S/C7H18O2Si/c1-3-4-5-6-7-10(2,8)9/h8-9H,3-7H2,1-2H3. The second kappa shape index (κ2) is 4.88. The van der Waals surface area contributed by atoms with E-state index in [0.717, 1.165) is 12.8 Å². The molecule has 0 aromatic rings. The molecule has 0 aromatic carbocycles. The summed E-state index contributed by atoms with van der Waals surface area (Å²) in [6.45, 7) is 3.72. The first-order chi connectivity index (χ1) is 4.56. The minimum atomic E-state index is -2.71. The minimum Gasteiger partial charge on any atom is -0.411 e. The van der Waals surface area contributed by atoms with Crippen molar-refractivity contribution in [3.8, 4) is 0 Å². The van der Waals surface area contributed by atoms with Gasteiger partial charge in [0.25, 0.3) is 0 Å². The van der Waals surface area contributed by atoms with Gasteiger partial charge >= 0.3 is 8.56 Å². The van der Waals surface area contributed by atoms with E-state index in [0.29, 0.717) is 6.04 Å². The van der Waals surface area contributed by atoms with E-state index in [1.807, 2.05) is 0 Å². The molecule has 2 nitrogen and oxygen atoms in total. The average molecular weight is 162 g/mol. The Hall–Kier alpha value is 0.137. The quantitative estimate of drug-likeness (QED) is 0.476. The molecule has 0 saturated heterocycles. The molecule has 0 heterocycles. The third kappa shape index (κ3) is 8.14. The second-order valence-electron chi connectivity index (χ2n) is 3.03. The summed E-state index contributed by atoms with van der Waals surface area (Å²) in [5, 5.41) is 0. The van der Waals surface area contributed by atoms with Gasteiger partial charge in [0, 0.05) is 0 Å². The van der Waals surface area contributed by atoms with Gasteiger partial charge in [0.2, 0.25) is 0 Å². The van der Waals surface area contributed by atoms with E-state index in [1.165, 1.54) is 12.8 Å². The summed E-state index contributed by atoms with van der Waals surface area (Å²) in [6.07, 6.45) is 4.53. The average Bonchev–Trinajstić information content (AvgIpc) is 1.78. The fourth-order valence-electron chi connectivity index (χ4n) is 0.887. The maximum Gasteiger partial charge on any atom is 0.329 e. The third-order valence-corrected chi connectivity index (χ3v) is 2.80. The van der Waals surface area contributed by atoms with Gasteiger partial charge in [-0.3, -0.25) is 0 Å². The van der Waals surface area contributed by atoms with Gasteiger partial charge in [0.1, 0.15) is 0 Å². The Morgan fingerprint density at radius 3 is 2.10 bits per heavy atom. The Labute approximate surface area is 64.1 Å². The Morgan fingerprint density at radius 1 is 1.10 bits per heavy atom. The molecule has 62 valence electrons. The van der Waals surface area contributed by atoms with E-state index in [4.69, 9.17) is 9.59 Å². The molecule has 0 fully saturated rings. The normalized spacial score (nSPS) is 12.0. The monoisotopic (exact) mass is 162 g/mol. The summed E-state index contributed by atoms with van der Waals surface area (Å²) < 4.78 is 0.